The van der Waals surface area contributed by atoms with Gasteiger partial charge in [-0.05, 0) is 29.7 Å². The molecule has 0 saturated carbocycles. The normalized spacial score (nSPS) is 15.7. The van der Waals surface area contributed by atoms with Crippen LogP contribution in [0.2, 0.25) is 0 Å². The lowest BCUT2D eigenvalue weighted by atomic mass is 10.1. The van der Waals surface area contributed by atoms with E-state index in [1.165, 1.54) is 17.7 Å². The molecule has 0 aliphatic carbocycles. The third-order valence-electron chi connectivity index (χ3n) is 4.71. The lowest BCUT2D eigenvalue weighted by Crippen LogP contribution is -2.49. The molecule has 4 nitrogen and oxygen atoms in total. The zero-order chi connectivity index (χ0) is 18.2. The summed E-state index contributed by atoms with van der Waals surface area (Å²) in [5.41, 5.74) is 2.23. The summed E-state index contributed by atoms with van der Waals surface area (Å²) >= 11 is 0. The van der Waals surface area contributed by atoms with Gasteiger partial charge in [0.05, 0.1) is 6.54 Å². The average molecular weight is 355 g/mol. The van der Waals surface area contributed by atoms with Crippen LogP contribution in [-0.2, 0) is 17.8 Å². The standard InChI is InChI=1S/C21H26FN3O/c22-20-8-4-7-18(15-20)9-10-23-21(26)17-25-13-11-24(12-14-25)16-19-5-2-1-3-6-19/h1-8,15H,9-14,16-17H2,(H,23,26). The van der Waals surface area contributed by atoms with Crippen molar-refractivity contribution in [3.8, 4) is 0 Å². The van der Waals surface area contributed by atoms with E-state index in [1.54, 1.807) is 6.07 Å². The second-order valence-corrected chi connectivity index (χ2v) is 6.77. The molecule has 0 atom stereocenters. The van der Waals surface area contributed by atoms with Crippen molar-refractivity contribution < 1.29 is 9.18 Å². The topological polar surface area (TPSA) is 35.6 Å². The van der Waals surface area contributed by atoms with Crippen LogP contribution < -0.4 is 5.32 Å². The second-order valence-electron chi connectivity index (χ2n) is 6.77. The zero-order valence-electron chi connectivity index (χ0n) is 15.0. The maximum atomic E-state index is 13.1. The number of rotatable bonds is 7. The number of hydrogen-bond acceptors (Lipinski definition) is 3. The Hall–Kier alpha value is -2.24. The molecular weight excluding hydrogens is 329 g/mol. The van der Waals surface area contributed by atoms with Crippen molar-refractivity contribution in [2.45, 2.75) is 13.0 Å². The van der Waals surface area contributed by atoms with Gasteiger partial charge in [-0.15, -0.1) is 0 Å². The minimum Gasteiger partial charge on any atom is -0.355 e. The van der Waals surface area contributed by atoms with Gasteiger partial charge in [0, 0.05) is 39.3 Å². The van der Waals surface area contributed by atoms with E-state index in [0.29, 0.717) is 19.5 Å². The summed E-state index contributed by atoms with van der Waals surface area (Å²) in [6, 6.07) is 17.0. The molecule has 1 aliphatic heterocycles. The van der Waals surface area contributed by atoms with Crippen LogP contribution in [0, 0.1) is 5.82 Å². The summed E-state index contributed by atoms with van der Waals surface area (Å²) in [6.07, 6.45) is 0.647. The molecule has 138 valence electrons. The fourth-order valence-electron chi connectivity index (χ4n) is 3.24. The number of nitrogens with one attached hydrogen (secondary N) is 1. The minimum atomic E-state index is -0.234. The first-order chi connectivity index (χ1) is 12.7. The molecule has 0 bridgehead atoms. The number of amides is 1. The Morgan fingerprint density at radius 3 is 2.35 bits per heavy atom. The fourth-order valence-corrected chi connectivity index (χ4v) is 3.24. The molecule has 1 saturated heterocycles. The predicted octanol–water partition coefficient (Wildman–Crippen LogP) is 2.30. The Morgan fingerprint density at radius 1 is 0.923 bits per heavy atom. The van der Waals surface area contributed by atoms with Crippen molar-refractivity contribution in [1.82, 2.24) is 15.1 Å². The molecule has 3 rings (SSSR count). The van der Waals surface area contributed by atoms with Gasteiger partial charge in [0.15, 0.2) is 0 Å². The molecule has 5 heteroatoms. The summed E-state index contributed by atoms with van der Waals surface area (Å²) in [4.78, 5) is 16.7. The van der Waals surface area contributed by atoms with Gasteiger partial charge in [-0.25, -0.2) is 4.39 Å². The number of piperazine rings is 1. The van der Waals surface area contributed by atoms with E-state index >= 15 is 0 Å². The highest BCUT2D eigenvalue weighted by atomic mass is 19.1. The summed E-state index contributed by atoms with van der Waals surface area (Å²) in [7, 11) is 0. The molecule has 1 fully saturated rings. The van der Waals surface area contributed by atoms with Crippen LogP contribution in [-0.4, -0.2) is 55.0 Å². The van der Waals surface area contributed by atoms with Crippen molar-refractivity contribution >= 4 is 5.91 Å². The molecule has 0 spiro atoms. The maximum Gasteiger partial charge on any atom is 0.234 e. The largest absolute Gasteiger partial charge is 0.355 e. The van der Waals surface area contributed by atoms with Gasteiger partial charge in [0.1, 0.15) is 5.82 Å². The van der Waals surface area contributed by atoms with E-state index in [2.05, 4.69) is 39.4 Å². The lowest BCUT2D eigenvalue weighted by Gasteiger charge is -2.34. The molecule has 2 aromatic rings. The number of hydrogen-bond donors (Lipinski definition) is 1. The van der Waals surface area contributed by atoms with Crippen molar-refractivity contribution in [3.05, 3.63) is 71.5 Å². The monoisotopic (exact) mass is 355 g/mol. The maximum absolute atomic E-state index is 13.1. The predicted molar refractivity (Wildman–Crippen MR) is 101 cm³/mol. The van der Waals surface area contributed by atoms with Gasteiger partial charge in [-0.1, -0.05) is 42.5 Å². The highest BCUT2D eigenvalue weighted by molar-refractivity contribution is 5.78. The number of carbonyl (C=O) groups excluding carboxylic acids is 1. The van der Waals surface area contributed by atoms with Crippen molar-refractivity contribution in [2.24, 2.45) is 0 Å². The lowest BCUT2D eigenvalue weighted by molar-refractivity contribution is -0.122. The SMILES string of the molecule is O=C(CN1CCN(Cc2ccccc2)CC1)NCCc1cccc(F)c1. The molecule has 1 aliphatic rings. The fraction of sp³-hybridized carbons (Fsp3) is 0.381. The van der Waals surface area contributed by atoms with Gasteiger partial charge in [0.25, 0.3) is 0 Å². The summed E-state index contributed by atoms with van der Waals surface area (Å²) in [5, 5.41) is 2.93. The van der Waals surface area contributed by atoms with Crippen LogP contribution in [0.5, 0.6) is 0 Å². The molecule has 2 aromatic carbocycles. The highest BCUT2D eigenvalue weighted by Crippen LogP contribution is 2.08. The van der Waals surface area contributed by atoms with Gasteiger partial charge < -0.3 is 5.32 Å². The Balaban J connectivity index is 1.33. The van der Waals surface area contributed by atoms with E-state index in [4.69, 9.17) is 0 Å². The highest BCUT2D eigenvalue weighted by Gasteiger charge is 2.18. The number of nitrogens with zero attached hydrogens (tertiary/aromatic N) is 2. The average Bonchev–Trinajstić information content (AvgIpc) is 2.64. The first-order valence-electron chi connectivity index (χ1n) is 9.19. The molecular formula is C21H26FN3O. The summed E-state index contributed by atoms with van der Waals surface area (Å²) < 4.78 is 13.1. The Morgan fingerprint density at radius 2 is 1.62 bits per heavy atom. The van der Waals surface area contributed by atoms with Gasteiger partial charge in [0.2, 0.25) is 5.91 Å². The molecule has 0 aromatic heterocycles. The number of carbonyl (C=O) groups is 1. The third-order valence-corrected chi connectivity index (χ3v) is 4.71. The van der Waals surface area contributed by atoms with E-state index in [-0.39, 0.29) is 11.7 Å². The van der Waals surface area contributed by atoms with Crippen LogP contribution in [0.1, 0.15) is 11.1 Å². The summed E-state index contributed by atoms with van der Waals surface area (Å²) in [5.74, 6) is -0.194. The Labute approximate surface area is 154 Å². The first kappa shape index (κ1) is 18.5. The van der Waals surface area contributed by atoms with Crippen LogP contribution in [0.4, 0.5) is 4.39 Å². The molecule has 0 unspecified atom stereocenters. The molecule has 1 heterocycles. The van der Waals surface area contributed by atoms with Crippen LogP contribution in [0.25, 0.3) is 0 Å². The van der Waals surface area contributed by atoms with Gasteiger partial charge in [-0.3, -0.25) is 14.6 Å². The molecule has 26 heavy (non-hydrogen) atoms. The van der Waals surface area contributed by atoms with E-state index in [9.17, 15) is 9.18 Å². The van der Waals surface area contributed by atoms with Gasteiger partial charge >= 0.3 is 0 Å². The van der Waals surface area contributed by atoms with E-state index in [1.807, 2.05) is 12.1 Å². The van der Waals surface area contributed by atoms with Crippen molar-refractivity contribution in [1.29, 1.82) is 0 Å². The van der Waals surface area contributed by atoms with Crippen molar-refractivity contribution in [2.75, 3.05) is 39.3 Å². The molecule has 1 N–H and O–H groups in total. The van der Waals surface area contributed by atoms with E-state index in [0.717, 1.165) is 38.3 Å². The first-order valence-corrected chi connectivity index (χ1v) is 9.19. The molecule has 0 radical (unpaired) electrons. The van der Waals surface area contributed by atoms with Crippen LogP contribution in [0.15, 0.2) is 54.6 Å². The Kier molecular flexibility index (Phi) is 6.75. The molecule has 1 amide bonds. The quantitative estimate of drug-likeness (QED) is 0.828. The third kappa shape index (κ3) is 5.93. The van der Waals surface area contributed by atoms with Gasteiger partial charge in [-0.2, -0.15) is 0 Å². The Bertz CT molecular complexity index is 699. The minimum absolute atomic E-state index is 0.0397. The smallest absolute Gasteiger partial charge is 0.234 e. The van der Waals surface area contributed by atoms with Crippen LogP contribution >= 0.6 is 0 Å². The van der Waals surface area contributed by atoms with Crippen LogP contribution in [0.3, 0.4) is 0 Å². The number of halogens is 1. The van der Waals surface area contributed by atoms with Crippen molar-refractivity contribution in [3.63, 3.8) is 0 Å². The summed E-state index contributed by atoms with van der Waals surface area (Å²) in [6.45, 7) is 5.71. The number of benzene rings is 2. The van der Waals surface area contributed by atoms with E-state index < -0.39 is 0 Å². The zero-order valence-corrected chi connectivity index (χ0v) is 15.0. The second kappa shape index (κ2) is 9.46.